The smallest absolute Gasteiger partial charge is 0.407 e. The van der Waals surface area contributed by atoms with Gasteiger partial charge in [-0.3, -0.25) is 9.59 Å². The number of methoxy groups -OCH3 is 1. The van der Waals surface area contributed by atoms with Crippen molar-refractivity contribution in [3.63, 3.8) is 0 Å². The first-order valence-electron chi connectivity index (χ1n) is 24.0. The lowest BCUT2D eigenvalue weighted by molar-refractivity contribution is -0.222. The van der Waals surface area contributed by atoms with E-state index < -0.39 is 77.4 Å². The molecule has 3 aliphatic heterocycles. The Hall–Kier alpha value is -6.25. The minimum Gasteiger partial charge on any atom is -0.488 e. The maximum atomic E-state index is 14.5. The van der Waals surface area contributed by atoms with Gasteiger partial charge in [-0.2, -0.15) is 26.3 Å². The van der Waals surface area contributed by atoms with Crippen molar-refractivity contribution in [2.75, 3.05) is 7.11 Å². The number of fused-ring (bicyclic) bond motifs is 8. The van der Waals surface area contributed by atoms with E-state index in [1.54, 1.807) is 0 Å². The highest BCUT2D eigenvalue weighted by molar-refractivity contribution is 6.32. The van der Waals surface area contributed by atoms with Gasteiger partial charge in [-0.15, -0.1) is 0 Å². The Bertz CT molecular complexity index is 3030. The van der Waals surface area contributed by atoms with Crippen LogP contribution >= 0.6 is 11.6 Å². The molecule has 0 spiro atoms. The van der Waals surface area contributed by atoms with E-state index in [0.29, 0.717) is 59.5 Å². The van der Waals surface area contributed by atoms with Crippen LogP contribution in [-0.2, 0) is 20.9 Å². The first kappa shape index (κ1) is 49.3. The SMILES string of the molecule is COC(=O)N[C@H](C(=O)N1[C@H](c2nc3c(ccc4cc5c(cc43)OCc3cc(-c4nc([C@@H]6C[C@@H]7CCC[C@@H]7N6C(=O)[C@@H](NC(=O)O)C(C)(C)C(F)(F)F)[nH]c4Cl)ccc3-5)[nH]2)C[C@@H]2CCC[C@@H]21)C(C)(C)C(F)(F)F. The van der Waals surface area contributed by atoms with Crippen molar-refractivity contribution in [1.82, 2.24) is 40.4 Å². The van der Waals surface area contributed by atoms with Crippen LogP contribution in [0.1, 0.15) is 108 Å². The fraction of sp³-hybridized carbons (Fsp3) is 0.520. The second-order valence-electron chi connectivity index (χ2n) is 21.0. The van der Waals surface area contributed by atoms with Gasteiger partial charge in [-0.05, 0) is 119 Å². The number of nitrogens with zero attached hydrogens (tertiary/aromatic N) is 4. The normalized spacial score (nSPS) is 23.8. The summed E-state index contributed by atoms with van der Waals surface area (Å²) in [6.45, 7) is 3.54. The Balaban J connectivity index is 0.944. The number of aromatic amines is 2. The molecule has 0 radical (unpaired) electrons. The van der Waals surface area contributed by atoms with Crippen molar-refractivity contribution < 1.29 is 60.1 Å². The number of H-pyrrole nitrogens is 2. The molecule has 5 heterocycles. The molecule has 0 bridgehead atoms. The highest BCUT2D eigenvalue weighted by Gasteiger charge is 2.61. The molecule has 22 heteroatoms. The number of alkyl carbamates (subject to hydrolysis) is 1. The molecule has 0 unspecified atom stereocenters. The van der Waals surface area contributed by atoms with Crippen molar-refractivity contribution in [3.8, 4) is 28.1 Å². The molecule has 4 amide bonds. The second kappa shape index (κ2) is 17.5. The summed E-state index contributed by atoms with van der Waals surface area (Å²) in [6.07, 6.45) is -7.51. The van der Waals surface area contributed by atoms with Crippen LogP contribution in [0, 0.1) is 22.7 Å². The molecule has 5 aliphatic rings. The maximum Gasteiger partial charge on any atom is 0.407 e. The molecule has 10 rings (SSSR count). The summed E-state index contributed by atoms with van der Waals surface area (Å²) in [7, 11) is 1.02. The third-order valence-electron chi connectivity index (χ3n) is 16.2. The highest BCUT2D eigenvalue weighted by Crippen LogP contribution is 2.52. The van der Waals surface area contributed by atoms with Gasteiger partial charge < -0.3 is 45.0 Å². The molecule has 2 aliphatic carbocycles. The Morgan fingerprint density at radius 3 is 1.93 bits per heavy atom. The number of carbonyl (C=O) groups is 4. The summed E-state index contributed by atoms with van der Waals surface area (Å²) in [5.74, 6) is -0.584. The number of carbonyl (C=O) groups excluding carboxylic acids is 3. The molecule has 4 fully saturated rings. The topological polar surface area (TPSA) is 195 Å². The zero-order valence-electron chi connectivity index (χ0n) is 39.9. The van der Waals surface area contributed by atoms with Crippen molar-refractivity contribution in [1.29, 1.82) is 0 Å². The fourth-order valence-corrected chi connectivity index (χ4v) is 12.3. The monoisotopic (exact) mass is 1030 g/mol. The molecule has 8 atom stereocenters. The molecule has 2 saturated heterocycles. The Morgan fingerprint density at radius 1 is 0.778 bits per heavy atom. The van der Waals surface area contributed by atoms with Gasteiger partial charge in [0.05, 0.1) is 41.1 Å². The van der Waals surface area contributed by atoms with Crippen molar-refractivity contribution in [3.05, 3.63) is 64.8 Å². The van der Waals surface area contributed by atoms with Crippen molar-refractivity contribution >= 4 is 57.4 Å². The van der Waals surface area contributed by atoms with E-state index in [-0.39, 0.29) is 35.5 Å². The van der Waals surface area contributed by atoms with Gasteiger partial charge >= 0.3 is 24.5 Å². The minimum absolute atomic E-state index is 0.0271. The number of ether oxygens (including phenoxy) is 2. The maximum absolute atomic E-state index is 14.5. The summed E-state index contributed by atoms with van der Waals surface area (Å²) in [5.41, 5.74) is -0.739. The number of rotatable bonds is 9. The Labute approximate surface area is 413 Å². The number of hydrogen-bond acceptors (Lipinski definition) is 8. The predicted molar refractivity (Wildman–Crippen MR) is 251 cm³/mol. The van der Waals surface area contributed by atoms with Gasteiger partial charge in [0, 0.05) is 28.6 Å². The first-order valence-corrected chi connectivity index (χ1v) is 24.4. The third kappa shape index (κ3) is 8.04. The first-order chi connectivity index (χ1) is 33.9. The number of amides is 4. The van der Waals surface area contributed by atoms with E-state index >= 15 is 0 Å². The lowest BCUT2D eigenvalue weighted by atomic mass is 9.82. The van der Waals surface area contributed by atoms with Crippen LogP contribution in [0.4, 0.5) is 35.9 Å². The molecule has 72 heavy (non-hydrogen) atoms. The van der Waals surface area contributed by atoms with Crippen LogP contribution in [0.25, 0.3) is 44.2 Å². The number of alkyl halides is 6. The van der Waals surface area contributed by atoms with Crippen LogP contribution in [-0.4, -0.2) is 102 Å². The Kier molecular flexibility index (Phi) is 12.0. The highest BCUT2D eigenvalue weighted by atomic mass is 35.5. The van der Waals surface area contributed by atoms with Gasteiger partial charge in [0.2, 0.25) is 11.8 Å². The predicted octanol–water partition coefficient (Wildman–Crippen LogP) is 10.7. The molecular formula is C50H53ClF6N8O7. The van der Waals surface area contributed by atoms with Crippen LogP contribution in [0.5, 0.6) is 5.75 Å². The molecular weight excluding hydrogens is 974 g/mol. The number of carboxylic acid groups (broad SMARTS) is 1. The number of benzene rings is 3. The van der Waals surface area contributed by atoms with Gasteiger partial charge in [0.15, 0.2) is 0 Å². The molecule has 3 aromatic carbocycles. The molecule has 2 aromatic heterocycles. The molecule has 384 valence electrons. The standard InChI is InChI=1S/C50H53ClF6N8O7/c1-47(2,49(52,53)54)38(61-45(68)69)43(66)65-32-11-7-9-24(32)19-34(65)42-59-36(40(51)63-42)25-12-14-27-26(16-25)21-72-35-20-28-22(17-29(27)35)13-15-30-37(28)60-41(58-30)33-18-23-8-6-10-31(23)64(33)44(67)39(62-46(70)71-5)48(3,4)50(55,56)57/h12-17,20,23-24,31-34,38-39,61H,6-11,18-19,21H2,1-5H3,(H,58,60)(H,59,63)(H,62,70)(H,68,69)/t23-,24-,31-,32-,33-,34-,38+,39+/m0/s1. The molecule has 2 saturated carbocycles. The number of likely N-dealkylation sites (tertiary alicyclic amines) is 2. The number of aromatic nitrogens is 4. The number of hydrogen-bond donors (Lipinski definition) is 5. The van der Waals surface area contributed by atoms with Crippen molar-refractivity contribution in [2.45, 2.75) is 134 Å². The summed E-state index contributed by atoms with van der Waals surface area (Å²) >= 11 is 6.83. The van der Waals surface area contributed by atoms with E-state index in [1.165, 1.54) is 9.80 Å². The molecule has 15 nitrogen and oxygen atoms in total. The quantitative estimate of drug-likeness (QED) is 0.0893. The summed E-state index contributed by atoms with van der Waals surface area (Å²) < 4.78 is 97.7. The van der Waals surface area contributed by atoms with Crippen LogP contribution in [0.2, 0.25) is 5.15 Å². The van der Waals surface area contributed by atoms with E-state index in [9.17, 15) is 50.6 Å². The lowest BCUT2D eigenvalue weighted by Crippen LogP contribution is -2.60. The number of nitrogens with one attached hydrogen (secondary N) is 4. The summed E-state index contributed by atoms with van der Waals surface area (Å²) in [4.78, 5) is 72.1. The lowest BCUT2D eigenvalue weighted by Gasteiger charge is -2.39. The third-order valence-corrected chi connectivity index (χ3v) is 16.5. The van der Waals surface area contributed by atoms with Gasteiger partial charge in [-0.25, -0.2) is 19.6 Å². The minimum atomic E-state index is -4.91. The molecule has 5 aromatic rings. The van der Waals surface area contributed by atoms with E-state index in [1.807, 2.05) is 47.8 Å². The summed E-state index contributed by atoms with van der Waals surface area (Å²) in [6, 6.07) is 6.93. The van der Waals surface area contributed by atoms with E-state index in [4.69, 9.17) is 26.3 Å². The van der Waals surface area contributed by atoms with E-state index in [0.717, 1.165) is 88.0 Å². The zero-order chi connectivity index (χ0) is 51.6. The zero-order valence-corrected chi connectivity index (χ0v) is 40.6. The fourth-order valence-electron chi connectivity index (χ4n) is 12.1. The van der Waals surface area contributed by atoms with Gasteiger partial charge in [0.1, 0.15) is 46.9 Å². The molecule has 5 N–H and O–H groups in total. The van der Waals surface area contributed by atoms with Gasteiger partial charge in [0.25, 0.3) is 0 Å². The van der Waals surface area contributed by atoms with Crippen LogP contribution in [0.3, 0.4) is 0 Å². The average molecular weight is 1030 g/mol. The van der Waals surface area contributed by atoms with Crippen molar-refractivity contribution in [2.24, 2.45) is 22.7 Å². The second-order valence-corrected chi connectivity index (χ2v) is 21.4. The average Bonchev–Trinajstić information content (AvgIpc) is 4.18. The Morgan fingerprint density at radius 2 is 1.36 bits per heavy atom. The largest absolute Gasteiger partial charge is 0.488 e. The number of halogens is 7. The van der Waals surface area contributed by atoms with Gasteiger partial charge in [-0.1, -0.05) is 42.6 Å². The number of imidazole rings is 2. The van der Waals surface area contributed by atoms with Crippen LogP contribution in [0.15, 0.2) is 42.5 Å². The van der Waals surface area contributed by atoms with E-state index in [2.05, 4.69) is 20.0 Å². The van der Waals surface area contributed by atoms with Crippen LogP contribution < -0.4 is 15.4 Å². The summed E-state index contributed by atoms with van der Waals surface area (Å²) in [5, 5.41) is 15.3.